The summed E-state index contributed by atoms with van der Waals surface area (Å²) in [4.78, 5) is 0. The van der Waals surface area contributed by atoms with Gasteiger partial charge in [-0.1, -0.05) is 35.9 Å². The summed E-state index contributed by atoms with van der Waals surface area (Å²) in [5.74, 6) is 2.36. The Balaban J connectivity index is 1.59. The monoisotopic (exact) mass is 434 g/mol. The van der Waals surface area contributed by atoms with Crippen molar-refractivity contribution in [2.75, 3.05) is 13.7 Å². The van der Waals surface area contributed by atoms with E-state index in [0.29, 0.717) is 11.6 Å². The molecule has 158 valence electrons. The number of hydrogen-bond donors (Lipinski definition) is 0. The largest absolute Gasteiger partial charge is 0.497 e. The average molecular weight is 435 g/mol. The third kappa shape index (κ3) is 3.59. The third-order valence-electron chi connectivity index (χ3n) is 5.64. The van der Waals surface area contributed by atoms with Gasteiger partial charge in [-0.05, 0) is 55.0 Å². The number of para-hydroxylation sites is 1. The molecule has 2 atom stereocenters. The second kappa shape index (κ2) is 8.16. The number of fused-ring (bicyclic) bond motifs is 3. The lowest BCUT2D eigenvalue weighted by atomic mass is 9.95. The van der Waals surface area contributed by atoms with Crippen molar-refractivity contribution in [1.82, 2.24) is 5.01 Å². The maximum Gasteiger partial charge on any atom is 0.214 e. The number of hydrogen-bond acceptors (Lipinski definition) is 5. The molecule has 31 heavy (non-hydrogen) atoms. The van der Waals surface area contributed by atoms with Crippen LogP contribution in [-0.4, -0.2) is 24.4 Å². The van der Waals surface area contributed by atoms with Gasteiger partial charge in [0.05, 0.1) is 25.5 Å². The van der Waals surface area contributed by atoms with Crippen molar-refractivity contribution in [3.05, 3.63) is 88.4 Å². The predicted molar refractivity (Wildman–Crippen MR) is 121 cm³/mol. The van der Waals surface area contributed by atoms with E-state index in [4.69, 9.17) is 30.9 Å². The molecule has 3 aromatic carbocycles. The fourth-order valence-corrected chi connectivity index (χ4v) is 4.39. The lowest BCUT2D eigenvalue weighted by Crippen LogP contribution is -2.33. The van der Waals surface area contributed by atoms with Crippen LogP contribution in [0.5, 0.6) is 17.2 Å². The Morgan fingerprint density at radius 2 is 1.90 bits per heavy atom. The summed E-state index contributed by atoms with van der Waals surface area (Å²) in [5.41, 5.74) is 4.12. The quantitative estimate of drug-likeness (QED) is 0.494. The van der Waals surface area contributed by atoms with Crippen molar-refractivity contribution in [3.63, 3.8) is 0 Å². The van der Waals surface area contributed by atoms with Crippen LogP contribution in [0, 0.1) is 0 Å². The van der Waals surface area contributed by atoms with E-state index in [-0.39, 0.29) is 6.04 Å². The highest BCUT2D eigenvalue weighted by atomic mass is 35.5. The molecule has 0 saturated heterocycles. The summed E-state index contributed by atoms with van der Waals surface area (Å²) in [6.45, 7) is 2.55. The molecule has 6 heteroatoms. The Labute approximate surface area is 186 Å². The van der Waals surface area contributed by atoms with E-state index >= 15 is 0 Å². The Morgan fingerprint density at radius 1 is 1.10 bits per heavy atom. The molecule has 0 bridgehead atoms. The van der Waals surface area contributed by atoms with Gasteiger partial charge in [-0.3, -0.25) is 0 Å². The smallest absolute Gasteiger partial charge is 0.214 e. The van der Waals surface area contributed by atoms with Gasteiger partial charge in [-0.25, -0.2) is 5.01 Å². The standard InChI is InChI=1S/C25H23ClN2O3/c1-3-30-23-9-5-8-20-22-15-21(16-10-12-19(29-2)13-11-16)27-28(22)25(31-24(20)23)17-6-4-7-18(26)14-17/h4-14,22,25H,3,15H2,1-2H3/t22-,25-/m1/s1. The first-order valence-corrected chi connectivity index (χ1v) is 10.7. The Bertz CT molecular complexity index is 1130. The first-order chi connectivity index (χ1) is 15.2. The second-order valence-electron chi connectivity index (χ2n) is 7.51. The van der Waals surface area contributed by atoms with E-state index in [0.717, 1.165) is 46.1 Å². The molecule has 0 saturated carbocycles. The number of benzene rings is 3. The number of rotatable bonds is 5. The molecule has 2 heterocycles. The van der Waals surface area contributed by atoms with Crippen molar-refractivity contribution in [2.24, 2.45) is 5.10 Å². The number of ether oxygens (including phenoxy) is 3. The fourth-order valence-electron chi connectivity index (χ4n) is 4.19. The van der Waals surface area contributed by atoms with Crippen molar-refractivity contribution < 1.29 is 14.2 Å². The molecule has 5 nitrogen and oxygen atoms in total. The topological polar surface area (TPSA) is 43.3 Å². The van der Waals surface area contributed by atoms with Crippen LogP contribution in [0.4, 0.5) is 0 Å². The van der Waals surface area contributed by atoms with E-state index < -0.39 is 6.23 Å². The van der Waals surface area contributed by atoms with Crippen LogP contribution in [0.1, 0.15) is 42.3 Å². The van der Waals surface area contributed by atoms with Gasteiger partial charge < -0.3 is 14.2 Å². The number of halogens is 1. The molecule has 0 spiro atoms. The predicted octanol–water partition coefficient (Wildman–Crippen LogP) is 5.99. The van der Waals surface area contributed by atoms with Gasteiger partial charge in [0.1, 0.15) is 5.75 Å². The SMILES string of the molecule is CCOc1cccc2c1O[C@H](c1cccc(Cl)c1)N1N=C(c3ccc(OC)cc3)C[C@H]21. The van der Waals surface area contributed by atoms with E-state index in [1.165, 1.54) is 0 Å². The van der Waals surface area contributed by atoms with Gasteiger partial charge in [0.15, 0.2) is 11.5 Å². The summed E-state index contributed by atoms with van der Waals surface area (Å²) < 4.78 is 17.7. The van der Waals surface area contributed by atoms with Crippen molar-refractivity contribution in [2.45, 2.75) is 25.6 Å². The Morgan fingerprint density at radius 3 is 2.65 bits per heavy atom. The minimum atomic E-state index is -0.395. The summed E-state index contributed by atoms with van der Waals surface area (Å²) in [6, 6.07) is 21.9. The van der Waals surface area contributed by atoms with Crippen LogP contribution in [0.3, 0.4) is 0 Å². The highest BCUT2D eigenvalue weighted by molar-refractivity contribution is 6.30. The van der Waals surface area contributed by atoms with Crippen molar-refractivity contribution in [1.29, 1.82) is 0 Å². The molecule has 0 aromatic heterocycles. The second-order valence-corrected chi connectivity index (χ2v) is 7.94. The van der Waals surface area contributed by atoms with Crippen LogP contribution in [0.25, 0.3) is 0 Å². The highest BCUT2D eigenvalue weighted by Crippen LogP contribution is 2.50. The zero-order chi connectivity index (χ0) is 21.4. The minimum Gasteiger partial charge on any atom is -0.497 e. The van der Waals surface area contributed by atoms with E-state index in [1.807, 2.05) is 72.6 Å². The maximum atomic E-state index is 6.51. The molecule has 3 aromatic rings. The van der Waals surface area contributed by atoms with Gasteiger partial charge in [0.25, 0.3) is 0 Å². The molecular weight excluding hydrogens is 412 g/mol. The van der Waals surface area contributed by atoms with Crippen LogP contribution in [0.2, 0.25) is 5.02 Å². The number of methoxy groups -OCH3 is 1. The first-order valence-electron chi connectivity index (χ1n) is 10.4. The summed E-state index contributed by atoms with van der Waals surface area (Å²) in [6.07, 6.45) is 0.378. The molecule has 0 aliphatic carbocycles. The lowest BCUT2D eigenvalue weighted by molar-refractivity contribution is -0.0212. The molecule has 0 unspecified atom stereocenters. The minimum absolute atomic E-state index is 0.0465. The Kier molecular flexibility index (Phi) is 5.20. The highest BCUT2D eigenvalue weighted by Gasteiger charge is 2.42. The van der Waals surface area contributed by atoms with Gasteiger partial charge in [0.2, 0.25) is 6.23 Å². The molecule has 2 aliphatic heterocycles. The molecule has 0 radical (unpaired) electrons. The lowest BCUT2D eigenvalue weighted by Gasteiger charge is -2.38. The summed E-state index contributed by atoms with van der Waals surface area (Å²) in [7, 11) is 1.67. The van der Waals surface area contributed by atoms with E-state index in [2.05, 4.69) is 6.07 Å². The van der Waals surface area contributed by atoms with Gasteiger partial charge >= 0.3 is 0 Å². The molecule has 0 amide bonds. The first kappa shape index (κ1) is 19.8. The molecular formula is C25H23ClN2O3. The third-order valence-corrected chi connectivity index (χ3v) is 5.87. The van der Waals surface area contributed by atoms with Crippen LogP contribution in [0.15, 0.2) is 71.8 Å². The zero-order valence-electron chi connectivity index (χ0n) is 17.4. The maximum absolute atomic E-state index is 6.51. The fraction of sp³-hybridized carbons (Fsp3) is 0.240. The van der Waals surface area contributed by atoms with Crippen molar-refractivity contribution >= 4 is 17.3 Å². The average Bonchev–Trinajstić information content (AvgIpc) is 3.25. The Hall–Kier alpha value is -3.18. The molecule has 0 fully saturated rings. The van der Waals surface area contributed by atoms with Gasteiger partial charge in [-0.2, -0.15) is 5.10 Å². The number of hydrazone groups is 1. The van der Waals surface area contributed by atoms with Gasteiger partial charge in [-0.15, -0.1) is 0 Å². The van der Waals surface area contributed by atoms with Crippen LogP contribution in [-0.2, 0) is 0 Å². The van der Waals surface area contributed by atoms with Crippen LogP contribution >= 0.6 is 11.6 Å². The normalized spacial score (nSPS) is 19.2. The molecule has 2 aliphatic rings. The number of nitrogens with zero attached hydrogens (tertiary/aromatic N) is 2. The molecule has 5 rings (SSSR count). The zero-order valence-corrected chi connectivity index (χ0v) is 18.2. The van der Waals surface area contributed by atoms with Crippen molar-refractivity contribution in [3.8, 4) is 17.2 Å². The van der Waals surface area contributed by atoms with Gasteiger partial charge in [0, 0.05) is 22.6 Å². The van der Waals surface area contributed by atoms with Crippen LogP contribution < -0.4 is 14.2 Å². The summed E-state index contributed by atoms with van der Waals surface area (Å²) >= 11 is 6.29. The van der Waals surface area contributed by atoms with E-state index in [1.54, 1.807) is 7.11 Å². The summed E-state index contributed by atoms with van der Waals surface area (Å²) in [5, 5.41) is 7.71. The van der Waals surface area contributed by atoms with E-state index in [9.17, 15) is 0 Å². The molecule has 0 N–H and O–H groups in total.